The van der Waals surface area contributed by atoms with Crippen LogP contribution in [-0.4, -0.2) is 34.3 Å². The average Bonchev–Trinajstić information content (AvgIpc) is 2.90. The average molecular weight is 511 g/mol. The standard InChI is InChI=1S/C28H24F3NO5/c1-34-21-9-17-18-10-22(35-2)24(37-4)12-20(18)27-26(19(17)11-23(21)36-3)16(13-25(33)32-27)14-6-5-7-15(8-14)28(29,30)31/h5-12,16H,13H2,1-4H3,(H,32,33). The second-order valence-corrected chi connectivity index (χ2v) is 8.72. The van der Waals surface area contributed by atoms with Gasteiger partial charge in [0.05, 0.1) is 39.7 Å². The third-order valence-electron chi connectivity index (χ3n) is 6.79. The van der Waals surface area contributed by atoms with E-state index in [0.717, 1.165) is 28.3 Å². The highest BCUT2D eigenvalue weighted by atomic mass is 19.4. The highest BCUT2D eigenvalue weighted by Crippen LogP contribution is 2.50. The summed E-state index contributed by atoms with van der Waals surface area (Å²) in [4.78, 5) is 12.9. The monoisotopic (exact) mass is 511 g/mol. The Balaban J connectivity index is 1.93. The molecule has 0 spiro atoms. The zero-order valence-corrected chi connectivity index (χ0v) is 20.6. The molecule has 0 radical (unpaired) electrons. The van der Waals surface area contributed by atoms with E-state index in [1.807, 2.05) is 12.1 Å². The smallest absolute Gasteiger partial charge is 0.416 e. The Kier molecular flexibility index (Phi) is 6.01. The van der Waals surface area contributed by atoms with Gasteiger partial charge in [0.2, 0.25) is 5.91 Å². The summed E-state index contributed by atoms with van der Waals surface area (Å²) in [5, 5.41) is 5.86. The maximum absolute atomic E-state index is 13.6. The summed E-state index contributed by atoms with van der Waals surface area (Å²) in [6.07, 6.45) is -4.53. The van der Waals surface area contributed by atoms with Crippen LogP contribution in [0.2, 0.25) is 0 Å². The number of anilines is 1. The number of hydrogen-bond acceptors (Lipinski definition) is 5. The Morgan fingerprint density at radius 2 is 1.27 bits per heavy atom. The highest BCUT2D eigenvalue weighted by molar-refractivity contribution is 6.20. The van der Waals surface area contributed by atoms with Gasteiger partial charge in [-0.05, 0) is 57.6 Å². The first-order chi connectivity index (χ1) is 17.7. The number of carbonyl (C=O) groups is 1. The fourth-order valence-electron chi connectivity index (χ4n) is 5.10. The van der Waals surface area contributed by atoms with Gasteiger partial charge in [0.1, 0.15) is 0 Å². The van der Waals surface area contributed by atoms with Crippen molar-refractivity contribution in [3.05, 3.63) is 65.2 Å². The van der Waals surface area contributed by atoms with Gasteiger partial charge in [0.25, 0.3) is 0 Å². The molecule has 6 nitrogen and oxygen atoms in total. The molecule has 4 aromatic rings. The molecule has 1 amide bonds. The van der Waals surface area contributed by atoms with Crippen LogP contribution in [0.5, 0.6) is 23.0 Å². The molecule has 0 bridgehead atoms. The number of fused-ring (bicyclic) bond motifs is 6. The molecule has 4 aromatic carbocycles. The summed E-state index contributed by atoms with van der Waals surface area (Å²) in [6.45, 7) is 0. The molecule has 37 heavy (non-hydrogen) atoms. The number of carbonyl (C=O) groups excluding carboxylic acids is 1. The lowest BCUT2D eigenvalue weighted by atomic mass is 9.79. The molecule has 0 saturated carbocycles. The lowest BCUT2D eigenvalue weighted by Crippen LogP contribution is -2.24. The first kappa shape index (κ1) is 24.5. The number of rotatable bonds is 5. The molecule has 1 unspecified atom stereocenters. The van der Waals surface area contributed by atoms with Crippen molar-refractivity contribution < 1.29 is 36.9 Å². The molecule has 1 N–H and O–H groups in total. The molecule has 1 atom stereocenters. The molecule has 1 aliphatic heterocycles. The largest absolute Gasteiger partial charge is 0.493 e. The quantitative estimate of drug-likeness (QED) is 0.309. The van der Waals surface area contributed by atoms with E-state index in [9.17, 15) is 18.0 Å². The van der Waals surface area contributed by atoms with Crippen LogP contribution >= 0.6 is 0 Å². The summed E-state index contributed by atoms with van der Waals surface area (Å²) in [5.41, 5.74) is 0.819. The van der Waals surface area contributed by atoms with E-state index >= 15 is 0 Å². The summed E-state index contributed by atoms with van der Waals surface area (Å²) in [5.74, 6) is 0.947. The fraction of sp³-hybridized carbons (Fsp3) is 0.250. The second-order valence-electron chi connectivity index (χ2n) is 8.72. The van der Waals surface area contributed by atoms with Crippen LogP contribution in [0.1, 0.15) is 29.0 Å². The molecular formula is C28H24F3NO5. The Morgan fingerprint density at radius 1 is 0.757 bits per heavy atom. The van der Waals surface area contributed by atoms with Gasteiger partial charge in [-0.1, -0.05) is 18.2 Å². The molecule has 1 aliphatic rings. The van der Waals surface area contributed by atoms with E-state index in [1.165, 1.54) is 34.5 Å². The topological polar surface area (TPSA) is 66.0 Å². The molecule has 5 rings (SSSR count). The minimum atomic E-state index is -4.51. The van der Waals surface area contributed by atoms with Crippen molar-refractivity contribution in [3.8, 4) is 23.0 Å². The summed E-state index contributed by atoms with van der Waals surface area (Å²) >= 11 is 0. The Morgan fingerprint density at radius 3 is 1.81 bits per heavy atom. The Hall–Kier alpha value is -4.14. The van der Waals surface area contributed by atoms with E-state index in [2.05, 4.69) is 5.32 Å². The minimum absolute atomic E-state index is 0.0173. The zero-order chi connectivity index (χ0) is 26.5. The number of hydrogen-bond donors (Lipinski definition) is 1. The van der Waals surface area contributed by atoms with E-state index in [0.29, 0.717) is 45.2 Å². The van der Waals surface area contributed by atoms with Crippen molar-refractivity contribution in [2.45, 2.75) is 18.5 Å². The van der Waals surface area contributed by atoms with Crippen LogP contribution in [-0.2, 0) is 11.0 Å². The van der Waals surface area contributed by atoms with Gasteiger partial charge in [0, 0.05) is 17.7 Å². The maximum Gasteiger partial charge on any atom is 0.416 e. The van der Waals surface area contributed by atoms with Crippen LogP contribution in [0.3, 0.4) is 0 Å². The molecule has 1 heterocycles. The van der Waals surface area contributed by atoms with Crippen LogP contribution in [0.4, 0.5) is 18.9 Å². The van der Waals surface area contributed by atoms with Crippen LogP contribution in [0, 0.1) is 0 Å². The van der Waals surface area contributed by atoms with E-state index < -0.39 is 17.7 Å². The number of alkyl halides is 3. The molecule has 0 saturated heterocycles. The Labute approximate surface area is 210 Å². The first-order valence-corrected chi connectivity index (χ1v) is 11.4. The van der Waals surface area contributed by atoms with Gasteiger partial charge in [-0.15, -0.1) is 0 Å². The molecule has 0 fully saturated rings. The maximum atomic E-state index is 13.6. The van der Waals surface area contributed by atoms with E-state index in [-0.39, 0.29) is 12.3 Å². The van der Waals surface area contributed by atoms with Crippen molar-refractivity contribution >= 4 is 33.1 Å². The summed E-state index contributed by atoms with van der Waals surface area (Å²) < 4.78 is 62.8. The lowest BCUT2D eigenvalue weighted by molar-refractivity contribution is -0.137. The summed E-state index contributed by atoms with van der Waals surface area (Å²) in [6, 6.07) is 12.3. The van der Waals surface area contributed by atoms with E-state index in [4.69, 9.17) is 18.9 Å². The number of methoxy groups -OCH3 is 4. The normalized spacial score (nSPS) is 15.3. The number of benzene rings is 4. The van der Waals surface area contributed by atoms with Crippen molar-refractivity contribution in [3.63, 3.8) is 0 Å². The molecule has 0 aromatic heterocycles. The number of nitrogens with one attached hydrogen (secondary N) is 1. The van der Waals surface area contributed by atoms with Crippen molar-refractivity contribution in [1.82, 2.24) is 0 Å². The van der Waals surface area contributed by atoms with Gasteiger partial charge in [-0.25, -0.2) is 0 Å². The number of halogens is 3. The third kappa shape index (κ3) is 4.04. The van der Waals surface area contributed by atoms with Crippen LogP contribution < -0.4 is 24.3 Å². The summed E-state index contributed by atoms with van der Waals surface area (Å²) in [7, 11) is 6.07. The van der Waals surface area contributed by atoms with Crippen molar-refractivity contribution in [2.24, 2.45) is 0 Å². The second kappa shape index (κ2) is 9.06. The zero-order valence-electron chi connectivity index (χ0n) is 20.6. The van der Waals surface area contributed by atoms with Crippen molar-refractivity contribution in [2.75, 3.05) is 33.8 Å². The molecular weight excluding hydrogens is 487 g/mol. The fourth-order valence-corrected chi connectivity index (χ4v) is 5.10. The van der Waals surface area contributed by atoms with Gasteiger partial charge < -0.3 is 24.3 Å². The molecule has 192 valence electrons. The number of amides is 1. The van der Waals surface area contributed by atoms with Crippen molar-refractivity contribution in [1.29, 1.82) is 0 Å². The predicted molar refractivity (Wildman–Crippen MR) is 134 cm³/mol. The lowest BCUT2D eigenvalue weighted by Gasteiger charge is -2.30. The highest BCUT2D eigenvalue weighted by Gasteiger charge is 2.35. The van der Waals surface area contributed by atoms with Gasteiger partial charge in [-0.2, -0.15) is 13.2 Å². The van der Waals surface area contributed by atoms with Gasteiger partial charge >= 0.3 is 6.18 Å². The third-order valence-corrected chi connectivity index (χ3v) is 6.79. The van der Waals surface area contributed by atoms with Gasteiger partial charge in [0.15, 0.2) is 23.0 Å². The molecule has 9 heteroatoms. The minimum Gasteiger partial charge on any atom is -0.493 e. The van der Waals surface area contributed by atoms with Crippen LogP contribution in [0.15, 0.2) is 48.5 Å². The SMILES string of the molecule is COc1cc2c3c(c4cc(OC)c(OC)cc4c2cc1OC)C(c1cccc(C(F)(F)F)c1)CC(=O)N3. The number of ether oxygens (including phenoxy) is 4. The predicted octanol–water partition coefficient (Wildman–Crippen LogP) is 6.52. The van der Waals surface area contributed by atoms with E-state index in [1.54, 1.807) is 18.2 Å². The molecule has 0 aliphatic carbocycles. The van der Waals surface area contributed by atoms with Gasteiger partial charge in [-0.3, -0.25) is 4.79 Å². The Bertz CT molecular complexity index is 1550. The van der Waals surface area contributed by atoms with Crippen LogP contribution in [0.25, 0.3) is 21.5 Å². The first-order valence-electron chi connectivity index (χ1n) is 11.4.